The summed E-state index contributed by atoms with van der Waals surface area (Å²) >= 11 is 0. The van der Waals surface area contributed by atoms with Gasteiger partial charge in [0.1, 0.15) is 11.3 Å². The maximum Gasteiger partial charge on any atom is 0.257 e. The van der Waals surface area contributed by atoms with Gasteiger partial charge in [-0.1, -0.05) is 19.9 Å². The van der Waals surface area contributed by atoms with Crippen molar-refractivity contribution < 1.29 is 9.53 Å². The average Bonchev–Trinajstić information content (AvgIpc) is 2.27. The molecule has 94 valence electrons. The molecule has 1 atom stereocenters. The number of hydrogen-bond acceptors (Lipinski definition) is 3. The Labute approximate surface area is 102 Å². The fraction of sp³-hybridized carbons (Fsp3) is 0.462. The van der Waals surface area contributed by atoms with Gasteiger partial charge < -0.3 is 15.8 Å². The van der Waals surface area contributed by atoms with Gasteiger partial charge in [0, 0.05) is 11.7 Å². The number of anilines is 1. The second-order valence-electron chi connectivity index (χ2n) is 4.43. The van der Waals surface area contributed by atoms with E-state index in [1.807, 2.05) is 6.92 Å². The molecule has 0 radical (unpaired) electrons. The van der Waals surface area contributed by atoms with Gasteiger partial charge >= 0.3 is 0 Å². The van der Waals surface area contributed by atoms with Crippen LogP contribution in [0.4, 0.5) is 5.69 Å². The van der Waals surface area contributed by atoms with Crippen LogP contribution in [0, 0.1) is 5.92 Å². The standard InChI is InChI=1S/C13H20N2O2/c1-8(2)9(3)15-13(16)12-10(14)6-5-7-11(12)17-4/h5-9H,14H2,1-4H3,(H,15,16). The van der Waals surface area contributed by atoms with Gasteiger partial charge in [-0.2, -0.15) is 0 Å². The van der Waals surface area contributed by atoms with E-state index in [4.69, 9.17) is 10.5 Å². The molecule has 0 bridgehead atoms. The predicted octanol–water partition coefficient (Wildman–Crippen LogP) is 2.05. The lowest BCUT2D eigenvalue weighted by atomic mass is 10.1. The molecule has 0 saturated carbocycles. The molecule has 0 saturated heterocycles. The van der Waals surface area contributed by atoms with Crippen molar-refractivity contribution >= 4 is 11.6 Å². The highest BCUT2D eigenvalue weighted by atomic mass is 16.5. The summed E-state index contributed by atoms with van der Waals surface area (Å²) < 4.78 is 5.15. The van der Waals surface area contributed by atoms with Gasteiger partial charge in [0.25, 0.3) is 5.91 Å². The maximum absolute atomic E-state index is 12.1. The Morgan fingerprint density at radius 2 is 2.00 bits per heavy atom. The number of carbonyl (C=O) groups excluding carboxylic acids is 1. The molecule has 0 fully saturated rings. The summed E-state index contributed by atoms with van der Waals surface area (Å²) in [5, 5.41) is 2.91. The van der Waals surface area contributed by atoms with Gasteiger partial charge in [-0.25, -0.2) is 0 Å². The molecule has 4 heteroatoms. The van der Waals surface area contributed by atoms with Gasteiger partial charge in [0.15, 0.2) is 0 Å². The molecule has 0 spiro atoms. The number of ether oxygens (including phenoxy) is 1. The third kappa shape index (κ3) is 3.12. The molecule has 1 unspecified atom stereocenters. The number of methoxy groups -OCH3 is 1. The first-order valence-corrected chi connectivity index (χ1v) is 5.70. The topological polar surface area (TPSA) is 64.3 Å². The molecule has 0 aliphatic heterocycles. The first kappa shape index (κ1) is 13.4. The van der Waals surface area contributed by atoms with Crippen LogP contribution in [0.3, 0.4) is 0 Å². The van der Waals surface area contributed by atoms with E-state index in [1.54, 1.807) is 18.2 Å². The van der Waals surface area contributed by atoms with E-state index in [1.165, 1.54) is 7.11 Å². The molecule has 0 aromatic heterocycles. The molecule has 1 amide bonds. The Morgan fingerprint density at radius 1 is 1.35 bits per heavy atom. The van der Waals surface area contributed by atoms with Crippen molar-refractivity contribution in [2.24, 2.45) is 5.92 Å². The molecule has 0 heterocycles. The zero-order valence-electron chi connectivity index (χ0n) is 10.8. The zero-order chi connectivity index (χ0) is 13.0. The molecule has 4 nitrogen and oxygen atoms in total. The highest BCUT2D eigenvalue weighted by molar-refractivity contribution is 6.02. The highest BCUT2D eigenvalue weighted by Gasteiger charge is 2.18. The van der Waals surface area contributed by atoms with E-state index < -0.39 is 0 Å². The second kappa shape index (κ2) is 5.57. The Hall–Kier alpha value is -1.71. The molecule has 0 aliphatic carbocycles. The number of nitrogen functional groups attached to an aromatic ring is 1. The van der Waals surface area contributed by atoms with Crippen LogP contribution in [0.25, 0.3) is 0 Å². The summed E-state index contributed by atoms with van der Waals surface area (Å²) in [6.45, 7) is 6.07. The largest absolute Gasteiger partial charge is 0.496 e. The lowest BCUT2D eigenvalue weighted by Crippen LogP contribution is -2.36. The average molecular weight is 236 g/mol. The van der Waals surface area contributed by atoms with E-state index in [0.717, 1.165) is 0 Å². The minimum Gasteiger partial charge on any atom is -0.496 e. The molecule has 1 aromatic rings. The summed E-state index contributed by atoms with van der Waals surface area (Å²) in [7, 11) is 1.53. The number of nitrogens with two attached hydrogens (primary N) is 1. The molecule has 1 aromatic carbocycles. The fourth-order valence-electron chi connectivity index (χ4n) is 1.41. The summed E-state index contributed by atoms with van der Waals surface area (Å²) in [5.41, 5.74) is 6.64. The first-order valence-electron chi connectivity index (χ1n) is 5.70. The fourth-order valence-corrected chi connectivity index (χ4v) is 1.41. The van der Waals surface area contributed by atoms with Crippen LogP contribution in [0.15, 0.2) is 18.2 Å². The van der Waals surface area contributed by atoms with Crippen molar-refractivity contribution in [2.75, 3.05) is 12.8 Å². The van der Waals surface area contributed by atoms with Crippen LogP contribution >= 0.6 is 0 Å². The first-order chi connectivity index (χ1) is 7.97. The zero-order valence-corrected chi connectivity index (χ0v) is 10.8. The van der Waals surface area contributed by atoms with Gasteiger partial charge in [0.05, 0.1) is 7.11 Å². The van der Waals surface area contributed by atoms with Crippen molar-refractivity contribution in [1.29, 1.82) is 0 Å². The predicted molar refractivity (Wildman–Crippen MR) is 69.2 cm³/mol. The van der Waals surface area contributed by atoms with Crippen LogP contribution < -0.4 is 15.8 Å². The minimum atomic E-state index is -0.193. The third-order valence-corrected chi connectivity index (χ3v) is 2.86. The van der Waals surface area contributed by atoms with Gasteiger partial charge in [0.2, 0.25) is 0 Å². The third-order valence-electron chi connectivity index (χ3n) is 2.86. The molecule has 3 N–H and O–H groups in total. The second-order valence-corrected chi connectivity index (χ2v) is 4.43. The number of nitrogens with one attached hydrogen (secondary N) is 1. The van der Waals surface area contributed by atoms with E-state index in [2.05, 4.69) is 19.2 Å². The van der Waals surface area contributed by atoms with E-state index in [9.17, 15) is 4.79 Å². The van der Waals surface area contributed by atoms with Crippen molar-refractivity contribution in [3.63, 3.8) is 0 Å². The lowest BCUT2D eigenvalue weighted by molar-refractivity contribution is 0.0928. The molecule has 0 aliphatic rings. The highest BCUT2D eigenvalue weighted by Crippen LogP contribution is 2.24. The van der Waals surface area contributed by atoms with Crippen molar-refractivity contribution in [2.45, 2.75) is 26.8 Å². The Bertz CT molecular complexity index is 402. The number of amides is 1. The molecular weight excluding hydrogens is 216 g/mol. The number of hydrogen-bond donors (Lipinski definition) is 2. The molecular formula is C13H20N2O2. The molecule has 17 heavy (non-hydrogen) atoms. The van der Waals surface area contributed by atoms with E-state index in [0.29, 0.717) is 22.9 Å². The van der Waals surface area contributed by atoms with Gasteiger partial charge in [-0.05, 0) is 25.0 Å². The molecule has 1 rings (SSSR count). The summed E-state index contributed by atoms with van der Waals surface area (Å²) in [6.07, 6.45) is 0. The minimum absolute atomic E-state index is 0.0896. The lowest BCUT2D eigenvalue weighted by Gasteiger charge is -2.19. The van der Waals surface area contributed by atoms with Crippen molar-refractivity contribution in [1.82, 2.24) is 5.32 Å². The Morgan fingerprint density at radius 3 is 2.53 bits per heavy atom. The van der Waals surface area contributed by atoms with Gasteiger partial charge in [-0.3, -0.25) is 4.79 Å². The summed E-state index contributed by atoms with van der Waals surface area (Å²) in [5.74, 6) is 0.675. The van der Waals surface area contributed by atoms with Crippen LogP contribution in [-0.4, -0.2) is 19.1 Å². The SMILES string of the molecule is COc1cccc(N)c1C(=O)NC(C)C(C)C. The number of benzene rings is 1. The Balaban J connectivity index is 2.96. The van der Waals surface area contributed by atoms with E-state index in [-0.39, 0.29) is 11.9 Å². The maximum atomic E-state index is 12.1. The van der Waals surface area contributed by atoms with Crippen LogP contribution in [-0.2, 0) is 0 Å². The summed E-state index contributed by atoms with van der Waals surface area (Å²) in [6, 6.07) is 5.27. The van der Waals surface area contributed by atoms with E-state index >= 15 is 0 Å². The van der Waals surface area contributed by atoms with Crippen molar-refractivity contribution in [3.05, 3.63) is 23.8 Å². The van der Waals surface area contributed by atoms with Crippen LogP contribution in [0.2, 0.25) is 0 Å². The quantitative estimate of drug-likeness (QED) is 0.786. The normalized spacial score (nSPS) is 12.3. The number of rotatable bonds is 4. The Kier molecular flexibility index (Phi) is 4.37. The number of carbonyl (C=O) groups is 1. The monoisotopic (exact) mass is 236 g/mol. The van der Waals surface area contributed by atoms with Crippen molar-refractivity contribution in [3.8, 4) is 5.75 Å². The van der Waals surface area contributed by atoms with Crippen LogP contribution in [0.5, 0.6) is 5.75 Å². The van der Waals surface area contributed by atoms with Crippen LogP contribution in [0.1, 0.15) is 31.1 Å². The van der Waals surface area contributed by atoms with Gasteiger partial charge in [-0.15, -0.1) is 0 Å². The smallest absolute Gasteiger partial charge is 0.257 e. The summed E-state index contributed by atoms with van der Waals surface area (Å²) in [4.78, 5) is 12.1.